The smallest absolute Gasteiger partial charge is 0.276 e. The molecule has 3 rings (SSSR count). The van der Waals surface area contributed by atoms with Gasteiger partial charge in [0.05, 0.1) is 23.3 Å². The number of nitrogens with one attached hydrogen (secondary N) is 2. The molecular formula is C21H24N4O5S. The van der Waals surface area contributed by atoms with Crippen LogP contribution < -0.4 is 14.8 Å². The highest BCUT2D eigenvalue weighted by atomic mass is 32.2. The Kier molecular flexibility index (Phi) is 5.96. The number of rotatable bonds is 5. The third-order valence-corrected chi connectivity index (χ3v) is 6.84. The molecule has 3 N–H and O–H groups in total. The van der Waals surface area contributed by atoms with Crippen molar-refractivity contribution in [1.82, 2.24) is 9.29 Å². The van der Waals surface area contributed by atoms with E-state index in [2.05, 4.69) is 22.7 Å². The van der Waals surface area contributed by atoms with Gasteiger partial charge in [-0.3, -0.25) is 4.79 Å². The van der Waals surface area contributed by atoms with Crippen molar-refractivity contribution in [2.45, 2.75) is 36.8 Å². The van der Waals surface area contributed by atoms with Gasteiger partial charge >= 0.3 is 0 Å². The molecule has 1 aromatic carbocycles. The molecule has 0 radical (unpaired) electrons. The highest BCUT2D eigenvalue weighted by Gasteiger charge is 2.43. The van der Waals surface area contributed by atoms with Crippen molar-refractivity contribution in [3.8, 4) is 11.8 Å². The summed E-state index contributed by atoms with van der Waals surface area (Å²) in [5.74, 6) is -0.698. The maximum Gasteiger partial charge on any atom is 0.276 e. The van der Waals surface area contributed by atoms with E-state index in [0.29, 0.717) is 11.3 Å². The number of fused-ring (bicyclic) bond motifs is 1. The van der Waals surface area contributed by atoms with Crippen molar-refractivity contribution in [3.63, 3.8) is 0 Å². The Balaban J connectivity index is 1.98. The van der Waals surface area contributed by atoms with Crippen LogP contribution in [0.3, 0.4) is 0 Å². The fourth-order valence-corrected chi connectivity index (χ4v) is 4.99. The molecule has 0 saturated carbocycles. The number of aliphatic hydroxyl groups is 1. The van der Waals surface area contributed by atoms with E-state index < -0.39 is 27.6 Å². The topological polar surface area (TPSA) is 133 Å². The number of hydrogen-bond donors (Lipinski definition) is 3. The van der Waals surface area contributed by atoms with E-state index in [1.807, 2.05) is 0 Å². The number of hydrogen-bond acceptors (Lipinski definition) is 6. The van der Waals surface area contributed by atoms with Crippen molar-refractivity contribution in [3.05, 3.63) is 53.9 Å². The van der Waals surface area contributed by atoms with E-state index in [0.717, 1.165) is 5.56 Å². The van der Waals surface area contributed by atoms with Crippen LogP contribution in [-0.2, 0) is 17.1 Å². The van der Waals surface area contributed by atoms with E-state index in [1.165, 1.54) is 36.9 Å². The molecule has 2 atom stereocenters. The first kappa shape index (κ1) is 22.6. The van der Waals surface area contributed by atoms with E-state index in [9.17, 15) is 23.6 Å². The van der Waals surface area contributed by atoms with Gasteiger partial charge in [0, 0.05) is 18.9 Å². The zero-order chi connectivity index (χ0) is 23.0. The average molecular weight is 445 g/mol. The molecule has 0 bridgehead atoms. The van der Waals surface area contributed by atoms with Crippen molar-refractivity contribution in [2.24, 2.45) is 7.05 Å². The van der Waals surface area contributed by atoms with Gasteiger partial charge < -0.3 is 19.7 Å². The van der Waals surface area contributed by atoms with Crippen molar-refractivity contribution in [2.75, 3.05) is 11.9 Å². The first-order valence-corrected chi connectivity index (χ1v) is 11.0. The zero-order valence-electron chi connectivity index (χ0n) is 17.5. The normalized spacial score (nSPS) is 20.5. The van der Waals surface area contributed by atoms with E-state index >= 15 is 0 Å². The van der Waals surface area contributed by atoms with Gasteiger partial charge in [0.15, 0.2) is 11.4 Å². The van der Waals surface area contributed by atoms with Gasteiger partial charge in [-0.25, -0.2) is 8.42 Å². The number of aliphatic hydroxyl groups excluding tert-OH is 1. The molecule has 164 valence electrons. The molecule has 1 aliphatic rings. The number of benzene rings is 1. The molecule has 1 aromatic heterocycles. The first-order valence-electron chi connectivity index (χ1n) is 9.49. The molecular weight excluding hydrogens is 420 g/mol. The SMILES string of the molecule is C=CC[C@H](O)[C@@]1(C)COc2c(cn(C)c2C(=O)Nc2ccc(C)c(C#N)c2)S(=O)(=O)N1. The Morgan fingerprint density at radius 1 is 1.55 bits per heavy atom. The molecule has 31 heavy (non-hydrogen) atoms. The summed E-state index contributed by atoms with van der Waals surface area (Å²) in [5, 5.41) is 22.3. The fraction of sp³-hybridized carbons (Fsp3) is 0.333. The van der Waals surface area contributed by atoms with Crippen LogP contribution in [0.25, 0.3) is 0 Å². The van der Waals surface area contributed by atoms with Crippen molar-refractivity contribution >= 4 is 21.6 Å². The number of carbonyl (C=O) groups is 1. The molecule has 0 spiro atoms. The molecule has 1 amide bonds. The summed E-state index contributed by atoms with van der Waals surface area (Å²) < 4.78 is 35.6. The Morgan fingerprint density at radius 3 is 2.90 bits per heavy atom. The molecule has 1 aliphatic heterocycles. The zero-order valence-corrected chi connectivity index (χ0v) is 18.3. The number of amides is 1. The minimum Gasteiger partial charge on any atom is -0.488 e. The fourth-order valence-electron chi connectivity index (χ4n) is 3.38. The summed E-state index contributed by atoms with van der Waals surface area (Å²) >= 11 is 0. The van der Waals surface area contributed by atoms with Gasteiger partial charge in [0.2, 0.25) is 10.0 Å². The third kappa shape index (κ3) is 4.20. The summed E-state index contributed by atoms with van der Waals surface area (Å²) in [6.07, 6.45) is 1.85. The monoisotopic (exact) mass is 444 g/mol. The van der Waals surface area contributed by atoms with Crippen LogP contribution in [0.4, 0.5) is 5.69 Å². The third-order valence-electron chi connectivity index (χ3n) is 5.23. The molecule has 0 fully saturated rings. The lowest BCUT2D eigenvalue weighted by Crippen LogP contribution is -2.56. The molecule has 2 aromatic rings. The van der Waals surface area contributed by atoms with Gasteiger partial charge in [0.1, 0.15) is 11.5 Å². The molecule has 10 heteroatoms. The number of nitrogens with zero attached hydrogens (tertiary/aromatic N) is 2. The minimum absolute atomic E-state index is 0.00178. The second-order valence-electron chi connectivity index (χ2n) is 7.73. The second kappa shape index (κ2) is 8.19. The van der Waals surface area contributed by atoms with Crippen LogP contribution in [-0.4, -0.2) is 42.2 Å². The summed E-state index contributed by atoms with van der Waals surface area (Å²) in [7, 11) is -2.56. The Bertz CT molecular complexity index is 1200. The van der Waals surface area contributed by atoms with Crippen LogP contribution in [0.15, 0.2) is 41.9 Å². The van der Waals surface area contributed by atoms with E-state index in [-0.39, 0.29) is 29.4 Å². The molecule has 2 heterocycles. The first-order chi connectivity index (χ1) is 14.5. The van der Waals surface area contributed by atoms with Crippen molar-refractivity contribution in [1.29, 1.82) is 5.26 Å². The van der Waals surface area contributed by atoms with Gasteiger partial charge in [-0.05, 0) is 38.0 Å². The summed E-state index contributed by atoms with van der Waals surface area (Å²) in [6.45, 7) is 6.69. The van der Waals surface area contributed by atoms with Crippen molar-refractivity contribution < 1.29 is 23.1 Å². The van der Waals surface area contributed by atoms with Gasteiger partial charge in [-0.15, -0.1) is 6.58 Å². The predicted octanol–water partition coefficient (Wildman–Crippen LogP) is 1.82. The highest BCUT2D eigenvalue weighted by molar-refractivity contribution is 7.89. The van der Waals surface area contributed by atoms with E-state index in [4.69, 9.17) is 4.74 Å². The molecule has 0 unspecified atom stereocenters. The lowest BCUT2D eigenvalue weighted by Gasteiger charge is -2.32. The van der Waals surface area contributed by atoms with Crippen LogP contribution in [0.5, 0.6) is 5.75 Å². The van der Waals surface area contributed by atoms with Crippen LogP contribution in [0, 0.1) is 18.3 Å². The van der Waals surface area contributed by atoms with Crippen LogP contribution in [0.1, 0.15) is 35.0 Å². The lowest BCUT2D eigenvalue weighted by molar-refractivity contribution is 0.0542. The Labute approximate surface area is 181 Å². The second-order valence-corrected chi connectivity index (χ2v) is 9.38. The summed E-state index contributed by atoms with van der Waals surface area (Å²) in [4.78, 5) is 12.8. The Morgan fingerprint density at radius 2 is 2.26 bits per heavy atom. The summed E-state index contributed by atoms with van der Waals surface area (Å²) in [5.41, 5.74) is 0.263. The molecule has 0 saturated heterocycles. The number of nitriles is 1. The number of anilines is 1. The quantitative estimate of drug-likeness (QED) is 0.603. The van der Waals surface area contributed by atoms with Gasteiger partial charge in [0.25, 0.3) is 5.91 Å². The predicted molar refractivity (Wildman–Crippen MR) is 114 cm³/mol. The number of carbonyl (C=O) groups excluding carboxylic acids is 1. The summed E-state index contributed by atoms with van der Waals surface area (Å²) in [6, 6.07) is 6.95. The number of ether oxygens (including phenoxy) is 1. The highest BCUT2D eigenvalue weighted by Crippen LogP contribution is 2.35. The number of aromatic nitrogens is 1. The van der Waals surface area contributed by atoms with Crippen LogP contribution >= 0.6 is 0 Å². The van der Waals surface area contributed by atoms with Crippen LogP contribution in [0.2, 0.25) is 0 Å². The maximum absolute atomic E-state index is 13.0. The lowest BCUT2D eigenvalue weighted by atomic mass is 9.94. The molecule has 0 aliphatic carbocycles. The molecule has 9 nitrogen and oxygen atoms in total. The van der Waals surface area contributed by atoms with Gasteiger partial charge in [-0.1, -0.05) is 12.1 Å². The van der Waals surface area contributed by atoms with E-state index in [1.54, 1.807) is 19.1 Å². The number of sulfonamides is 1. The Hall–Kier alpha value is -3.13. The standard InChI is InChI=1S/C21H24N4O5S/c1-5-6-17(26)21(3)12-30-19-16(31(28,29)24-21)11-25(4)18(19)20(27)23-15-8-7-13(2)14(9-15)10-22/h5,7-9,11,17,24,26H,1,6,12H2,2-4H3,(H,23,27)/t17-,21+/m0/s1. The average Bonchev–Trinajstić information content (AvgIpc) is 3.00. The largest absolute Gasteiger partial charge is 0.488 e. The van der Waals surface area contributed by atoms with Gasteiger partial charge in [-0.2, -0.15) is 9.98 Å². The maximum atomic E-state index is 13.0. The minimum atomic E-state index is -4.09. The number of aryl methyl sites for hydroxylation is 2.